The first kappa shape index (κ1) is 14.9. The molecule has 0 fully saturated rings. The van der Waals surface area contributed by atoms with E-state index in [1.54, 1.807) is 28.8 Å². The van der Waals surface area contributed by atoms with Gasteiger partial charge in [-0.05, 0) is 47.2 Å². The largest absolute Gasteiger partial charge is 0.337 e. The first-order chi connectivity index (χ1) is 11.1. The van der Waals surface area contributed by atoms with E-state index in [0.717, 1.165) is 11.3 Å². The Kier molecular flexibility index (Phi) is 4.14. The molecule has 0 radical (unpaired) electrons. The van der Waals surface area contributed by atoms with Crippen LogP contribution in [0.4, 0.5) is 0 Å². The van der Waals surface area contributed by atoms with E-state index in [9.17, 15) is 4.79 Å². The second-order valence-electron chi connectivity index (χ2n) is 5.33. The molecule has 1 aromatic heterocycles. The summed E-state index contributed by atoms with van der Waals surface area (Å²) in [5.41, 5.74) is 2.57. The maximum Gasteiger partial charge on any atom is 0.253 e. The molecular weight excluding hydrogens is 290 g/mol. The van der Waals surface area contributed by atoms with Crippen LogP contribution < -0.4 is 0 Å². The molecule has 0 aliphatic rings. The molecule has 3 rings (SSSR count). The van der Waals surface area contributed by atoms with Crippen molar-refractivity contribution in [2.75, 3.05) is 7.05 Å². The van der Waals surface area contributed by atoms with E-state index >= 15 is 0 Å². The van der Waals surface area contributed by atoms with Gasteiger partial charge in [-0.2, -0.15) is 4.68 Å². The predicted octanol–water partition coefficient (Wildman–Crippen LogP) is 2.24. The number of hydrogen-bond acceptors (Lipinski definition) is 4. The summed E-state index contributed by atoms with van der Waals surface area (Å²) in [6.45, 7) is 2.40. The van der Waals surface area contributed by atoms with Gasteiger partial charge in [0.2, 0.25) is 0 Å². The number of nitrogens with zero attached hydrogens (tertiary/aromatic N) is 5. The number of aromatic nitrogens is 4. The van der Waals surface area contributed by atoms with Crippen molar-refractivity contribution in [1.82, 2.24) is 25.1 Å². The lowest BCUT2D eigenvalue weighted by Gasteiger charge is -2.17. The monoisotopic (exact) mass is 307 g/mol. The van der Waals surface area contributed by atoms with E-state index in [0.29, 0.717) is 17.9 Å². The fraction of sp³-hybridized carbons (Fsp3) is 0.176. The summed E-state index contributed by atoms with van der Waals surface area (Å²) >= 11 is 0. The first-order valence-corrected chi connectivity index (χ1v) is 7.30. The van der Waals surface area contributed by atoms with Gasteiger partial charge in [-0.25, -0.2) is 0 Å². The van der Waals surface area contributed by atoms with Gasteiger partial charge in [0.15, 0.2) is 5.82 Å². The maximum atomic E-state index is 12.5. The summed E-state index contributed by atoms with van der Waals surface area (Å²) in [6.07, 6.45) is 0. The highest BCUT2D eigenvalue weighted by atomic mass is 16.2. The molecule has 116 valence electrons. The van der Waals surface area contributed by atoms with Crippen molar-refractivity contribution in [3.8, 4) is 5.69 Å². The van der Waals surface area contributed by atoms with E-state index in [1.165, 1.54) is 0 Å². The molecule has 6 nitrogen and oxygen atoms in total. The number of tetrazole rings is 1. The molecule has 0 spiro atoms. The average molecular weight is 307 g/mol. The lowest BCUT2D eigenvalue weighted by molar-refractivity contribution is 0.0785. The molecule has 0 unspecified atom stereocenters. The Morgan fingerprint density at radius 2 is 1.78 bits per heavy atom. The average Bonchev–Trinajstić information content (AvgIpc) is 3.01. The number of hydrogen-bond donors (Lipinski definition) is 0. The van der Waals surface area contributed by atoms with Crippen molar-refractivity contribution >= 4 is 5.91 Å². The molecule has 6 heteroatoms. The molecule has 0 atom stereocenters. The minimum atomic E-state index is -0.0196. The van der Waals surface area contributed by atoms with Crippen LogP contribution in [0.2, 0.25) is 0 Å². The van der Waals surface area contributed by atoms with Crippen molar-refractivity contribution in [3.63, 3.8) is 0 Å². The third-order valence-corrected chi connectivity index (χ3v) is 3.59. The smallest absolute Gasteiger partial charge is 0.253 e. The summed E-state index contributed by atoms with van der Waals surface area (Å²) in [6, 6.07) is 17.2. The summed E-state index contributed by atoms with van der Waals surface area (Å²) < 4.78 is 1.63. The van der Waals surface area contributed by atoms with Gasteiger partial charge in [-0.15, -0.1) is 5.10 Å². The van der Waals surface area contributed by atoms with Crippen LogP contribution in [0.1, 0.15) is 21.7 Å². The fourth-order valence-electron chi connectivity index (χ4n) is 2.36. The highest BCUT2D eigenvalue weighted by Crippen LogP contribution is 2.12. The normalized spacial score (nSPS) is 10.5. The van der Waals surface area contributed by atoms with Gasteiger partial charge in [0.1, 0.15) is 0 Å². The van der Waals surface area contributed by atoms with Crippen molar-refractivity contribution in [2.24, 2.45) is 0 Å². The van der Waals surface area contributed by atoms with Crippen LogP contribution >= 0.6 is 0 Å². The summed E-state index contributed by atoms with van der Waals surface area (Å²) in [7, 11) is 1.80. The van der Waals surface area contributed by atoms with Crippen LogP contribution in [0, 0.1) is 6.92 Å². The van der Waals surface area contributed by atoms with Crippen LogP contribution in [-0.2, 0) is 6.54 Å². The number of carbonyl (C=O) groups is 1. The van der Waals surface area contributed by atoms with Crippen LogP contribution in [0.5, 0.6) is 0 Å². The van der Waals surface area contributed by atoms with Crippen molar-refractivity contribution < 1.29 is 4.79 Å². The molecule has 23 heavy (non-hydrogen) atoms. The minimum Gasteiger partial charge on any atom is -0.337 e. The molecule has 0 N–H and O–H groups in total. The van der Waals surface area contributed by atoms with Gasteiger partial charge in [-0.3, -0.25) is 4.79 Å². The third kappa shape index (κ3) is 3.26. The number of benzene rings is 2. The van der Waals surface area contributed by atoms with Crippen molar-refractivity contribution in [3.05, 3.63) is 71.5 Å². The maximum absolute atomic E-state index is 12.5. The van der Waals surface area contributed by atoms with Crippen LogP contribution in [0.25, 0.3) is 5.69 Å². The number of carbonyl (C=O) groups excluding carboxylic acids is 1. The van der Waals surface area contributed by atoms with E-state index in [-0.39, 0.29) is 5.91 Å². The van der Waals surface area contributed by atoms with E-state index < -0.39 is 0 Å². The Balaban J connectivity index is 1.74. The third-order valence-electron chi connectivity index (χ3n) is 3.59. The lowest BCUT2D eigenvalue weighted by atomic mass is 10.1. The lowest BCUT2D eigenvalue weighted by Crippen LogP contribution is -2.26. The molecule has 2 aromatic carbocycles. The Hall–Kier alpha value is -3.02. The Morgan fingerprint density at radius 1 is 1.09 bits per heavy atom. The summed E-state index contributed by atoms with van der Waals surface area (Å²) in [5, 5.41) is 11.4. The highest BCUT2D eigenvalue weighted by Gasteiger charge is 2.12. The topological polar surface area (TPSA) is 63.9 Å². The van der Waals surface area contributed by atoms with Crippen LogP contribution in [0.3, 0.4) is 0 Å². The quantitative estimate of drug-likeness (QED) is 0.741. The van der Waals surface area contributed by atoms with Crippen molar-refractivity contribution in [2.45, 2.75) is 13.5 Å². The molecular formula is C17H17N5O. The van der Waals surface area contributed by atoms with Crippen LogP contribution in [-0.4, -0.2) is 38.1 Å². The SMILES string of the molecule is Cc1nnnn1-c1ccc(C(=O)N(C)Cc2ccccc2)cc1. The van der Waals surface area contributed by atoms with E-state index in [2.05, 4.69) is 15.5 Å². The highest BCUT2D eigenvalue weighted by molar-refractivity contribution is 5.94. The fourth-order valence-corrected chi connectivity index (χ4v) is 2.36. The van der Waals surface area contributed by atoms with E-state index in [4.69, 9.17) is 0 Å². The standard InChI is InChI=1S/C17H17N5O/c1-13-18-19-20-22(13)16-10-8-15(9-11-16)17(23)21(2)12-14-6-4-3-5-7-14/h3-11H,12H2,1-2H3. The zero-order chi connectivity index (χ0) is 16.2. The molecule has 0 saturated heterocycles. The molecule has 3 aromatic rings. The predicted molar refractivity (Wildman–Crippen MR) is 86.1 cm³/mol. The molecule has 0 bridgehead atoms. The zero-order valence-corrected chi connectivity index (χ0v) is 13.0. The second-order valence-corrected chi connectivity index (χ2v) is 5.33. The first-order valence-electron chi connectivity index (χ1n) is 7.30. The molecule has 0 aliphatic carbocycles. The Bertz CT molecular complexity index is 795. The second kappa shape index (κ2) is 6.39. The van der Waals surface area contributed by atoms with Crippen LogP contribution in [0.15, 0.2) is 54.6 Å². The molecule has 1 amide bonds. The van der Waals surface area contributed by atoms with Gasteiger partial charge in [0.25, 0.3) is 5.91 Å². The zero-order valence-electron chi connectivity index (χ0n) is 13.0. The molecule has 0 saturated carbocycles. The Morgan fingerprint density at radius 3 is 2.39 bits per heavy atom. The van der Waals surface area contributed by atoms with Crippen molar-refractivity contribution in [1.29, 1.82) is 0 Å². The summed E-state index contributed by atoms with van der Waals surface area (Å²) in [5.74, 6) is 0.680. The number of aryl methyl sites for hydroxylation is 1. The van der Waals surface area contributed by atoms with Gasteiger partial charge >= 0.3 is 0 Å². The minimum absolute atomic E-state index is 0.0196. The van der Waals surface area contributed by atoms with Gasteiger partial charge in [-0.1, -0.05) is 30.3 Å². The van der Waals surface area contributed by atoms with E-state index in [1.807, 2.05) is 49.4 Å². The number of amides is 1. The van der Waals surface area contributed by atoms with Gasteiger partial charge in [0, 0.05) is 19.2 Å². The van der Waals surface area contributed by atoms with Gasteiger partial charge < -0.3 is 4.90 Å². The summed E-state index contributed by atoms with van der Waals surface area (Å²) in [4.78, 5) is 14.2. The van der Waals surface area contributed by atoms with Gasteiger partial charge in [0.05, 0.1) is 5.69 Å². The number of rotatable bonds is 4. The molecule has 0 aliphatic heterocycles. The Labute approximate surface area is 134 Å². The molecule has 1 heterocycles.